The van der Waals surface area contributed by atoms with Crippen LogP contribution in [0.4, 0.5) is 5.00 Å². The Morgan fingerprint density at radius 3 is 2.93 bits per heavy atom. The van der Waals surface area contributed by atoms with Crippen LogP contribution in [0.15, 0.2) is 6.20 Å². The summed E-state index contributed by atoms with van der Waals surface area (Å²) in [4.78, 5) is 15.6. The van der Waals surface area contributed by atoms with Crippen molar-refractivity contribution in [2.24, 2.45) is 13.0 Å². The molecule has 8 heteroatoms. The molecule has 0 radical (unpaired) electrons. The maximum Gasteiger partial charge on any atom is 0.341 e. The first kappa shape index (κ1) is 19.8. The minimum absolute atomic E-state index is 0.293. The van der Waals surface area contributed by atoms with Gasteiger partial charge in [0.1, 0.15) is 5.00 Å². The lowest BCUT2D eigenvalue weighted by molar-refractivity contribution is 0.0601. The fourth-order valence-electron chi connectivity index (χ4n) is 3.48. The van der Waals surface area contributed by atoms with Gasteiger partial charge in [0.15, 0.2) is 5.11 Å². The summed E-state index contributed by atoms with van der Waals surface area (Å²) >= 11 is 7.22. The van der Waals surface area contributed by atoms with Gasteiger partial charge in [-0.05, 0) is 49.9 Å². The van der Waals surface area contributed by atoms with E-state index in [4.69, 9.17) is 17.0 Å². The molecule has 27 heavy (non-hydrogen) atoms. The summed E-state index contributed by atoms with van der Waals surface area (Å²) in [5.41, 5.74) is 3.89. The molecule has 1 aliphatic carbocycles. The van der Waals surface area contributed by atoms with Gasteiger partial charge in [-0.25, -0.2) is 4.79 Å². The van der Waals surface area contributed by atoms with Crippen molar-refractivity contribution in [2.75, 3.05) is 19.5 Å². The molecule has 0 unspecified atom stereocenters. The molecule has 0 aliphatic heterocycles. The number of thiocarbonyl (C=S) groups is 1. The molecule has 0 bridgehead atoms. The van der Waals surface area contributed by atoms with Crippen molar-refractivity contribution in [3.05, 3.63) is 33.5 Å². The maximum atomic E-state index is 12.4. The van der Waals surface area contributed by atoms with Crippen molar-refractivity contribution in [3.63, 3.8) is 0 Å². The third-order valence-electron chi connectivity index (χ3n) is 4.99. The molecule has 2 aromatic rings. The highest BCUT2D eigenvalue weighted by Gasteiger charge is 2.28. The van der Waals surface area contributed by atoms with Gasteiger partial charge < -0.3 is 15.0 Å². The first-order valence-corrected chi connectivity index (χ1v) is 10.3. The van der Waals surface area contributed by atoms with Gasteiger partial charge in [-0.1, -0.05) is 6.92 Å². The van der Waals surface area contributed by atoms with Gasteiger partial charge in [-0.15, -0.1) is 11.3 Å². The average molecular weight is 407 g/mol. The van der Waals surface area contributed by atoms with Crippen molar-refractivity contribution in [3.8, 4) is 0 Å². The Hall–Kier alpha value is -1.93. The molecule has 3 rings (SSSR count). The van der Waals surface area contributed by atoms with Gasteiger partial charge >= 0.3 is 5.97 Å². The molecule has 0 fully saturated rings. The van der Waals surface area contributed by atoms with Crippen LogP contribution < -0.4 is 5.32 Å². The number of esters is 1. The third-order valence-corrected chi connectivity index (χ3v) is 6.57. The van der Waals surface area contributed by atoms with E-state index in [-0.39, 0.29) is 5.97 Å². The summed E-state index contributed by atoms with van der Waals surface area (Å²) < 4.78 is 6.85. The molecule has 6 nitrogen and oxygen atoms in total. The van der Waals surface area contributed by atoms with Crippen molar-refractivity contribution in [1.29, 1.82) is 0 Å². The number of rotatable bonds is 4. The summed E-state index contributed by atoms with van der Waals surface area (Å²) in [6, 6.07) is 0. The van der Waals surface area contributed by atoms with E-state index in [0.717, 1.165) is 41.1 Å². The predicted molar refractivity (Wildman–Crippen MR) is 112 cm³/mol. The van der Waals surface area contributed by atoms with Crippen LogP contribution in [0.2, 0.25) is 0 Å². The molecule has 146 valence electrons. The minimum atomic E-state index is -0.293. The molecule has 0 saturated heterocycles. The van der Waals surface area contributed by atoms with Crippen LogP contribution in [0.5, 0.6) is 0 Å². The van der Waals surface area contributed by atoms with E-state index < -0.39 is 0 Å². The summed E-state index contributed by atoms with van der Waals surface area (Å²) in [6.45, 7) is 4.90. The number of aryl methyl sites for hydroxylation is 2. The van der Waals surface area contributed by atoms with Crippen molar-refractivity contribution in [2.45, 2.75) is 39.7 Å². The van der Waals surface area contributed by atoms with E-state index in [1.807, 2.05) is 32.1 Å². The average Bonchev–Trinajstić information content (AvgIpc) is 3.12. The van der Waals surface area contributed by atoms with Gasteiger partial charge in [0.05, 0.1) is 18.4 Å². The van der Waals surface area contributed by atoms with Crippen LogP contribution >= 0.6 is 23.6 Å². The lowest BCUT2D eigenvalue weighted by Crippen LogP contribution is -2.31. The molecule has 0 aromatic carbocycles. The Kier molecular flexibility index (Phi) is 5.86. The number of methoxy groups -OCH3 is 1. The topological polar surface area (TPSA) is 59.4 Å². The molecule has 0 amide bonds. The molecular formula is C19H26N4O2S2. The Bertz CT molecular complexity index is 871. The number of thiophene rings is 1. The maximum absolute atomic E-state index is 12.4. The number of fused-ring (bicyclic) bond motifs is 1. The van der Waals surface area contributed by atoms with Crippen LogP contribution in [0.25, 0.3) is 0 Å². The summed E-state index contributed by atoms with van der Waals surface area (Å²) in [6.07, 6.45) is 5.01. The quantitative estimate of drug-likeness (QED) is 0.619. The number of nitrogens with one attached hydrogen (secondary N) is 1. The lowest BCUT2D eigenvalue weighted by atomic mass is 9.88. The van der Waals surface area contributed by atoms with Crippen molar-refractivity contribution >= 4 is 39.6 Å². The van der Waals surface area contributed by atoms with E-state index in [0.29, 0.717) is 23.1 Å². The second-order valence-electron chi connectivity index (χ2n) is 7.25. The van der Waals surface area contributed by atoms with E-state index >= 15 is 0 Å². The molecule has 1 atom stereocenters. The van der Waals surface area contributed by atoms with Crippen LogP contribution in [-0.4, -0.2) is 39.9 Å². The van der Waals surface area contributed by atoms with Crippen molar-refractivity contribution in [1.82, 2.24) is 14.7 Å². The van der Waals surface area contributed by atoms with Crippen LogP contribution in [0.1, 0.15) is 45.4 Å². The number of carbonyl (C=O) groups excluding carboxylic acids is 1. The molecule has 2 heterocycles. The number of nitrogens with zero attached hydrogens (tertiary/aromatic N) is 3. The number of hydrogen-bond donors (Lipinski definition) is 1. The largest absolute Gasteiger partial charge is 0.465 e. The smallest absolute Gasteiger partial charge is 0.341 e. The zero-order valence-electron chi connectivity index (χ0n) is 16.5. The number of anilines is 1. The highest BCUT2D eigenvalue weighted by molar-refractivity contribution is 7.80. The van der Waals surface area contributed by atoms with Gasteiger partial charge in [0.2, 0.25) is 0 Å². The molecule has 0 saturated carbocycles. The fourth-order valence-corrected chi connectivity index (χ4v) is 5.11. The Labute approximate surface area is 169 Å². The fraction of sp³-hybridized carbons (Fsp3) is 0.526. The van der Waals surface area contributed by atoms with Crippen LogP contribution in [0, 0.1) is 12.8 Å². The number of carbonyl (C=O) groups is 1. The molecule has 2 aromatic heterocycles. The minimum Gasteiger partial charge on any atom is -0.465 e. The van der Waals surface area contributed by atoms with Gasteiger partial charge in [-0.3, -0.25) is 4.68 Å². The summed E-state index contributed by atoms with van der Waals surface area (Å²) in [5, 5.41) is 9.04. The first-order chi connectivity index (χ1) is 12.8. The monoisotopic (exact) mass is 406 g/mol. The second kappa shape index (κ2) is 7.98. The van der Waals surface area contributed by atoms with E-state index in [2.05, 4.69) is 17.3 Å². The Balaban J connectivity index is 1.80. The van der Waals surface area contributed by atoms with E-state index in [1.54, 1.807) is 16.0 Å². The molecule has 1 N–H and O–H groups in total. The normalized spacial score (nSPS) is 16.0. The number of ether oxygens (including phenoxy) is 1. The van der Waals surface area contributed by atoms with Crippen LogP contribution in [0.3, 0.4) is 0 Å². The van der Waals surface area contributed by atoms with Crippen molar-refractivity contribution < 1.29 is 9.53 Å². The Morgan fingerprint density at radius 2 is 2.30 bits per heavy atom. The predicted octanol–water partition coefficient (Wildman–Crippen LogP) is 3.53. The van der Waals surface area contributed by atoms with E-state index in [1.165, 1.54) is 12.0 Å². The first-order valence-electron chi connectivity index (χ1n) is 9.04. The summed E-state index contributed by atoms with van der Waals surface area (Å²) in [5.74, 6) is 0.343. The lowest BCUT2D eigenvalue weighted by Gasteiger charge is -2.20. The van der Waals surface area contributed by atoms with Gasteiger partial charge in [0.25, 0.3) is 0 Å². The third kappa shape index (κ3) is 4.16. The van der Waals surface area contributed by atoms with Gasteiger partial charge in [-0.2, -0.15) is 5.10 Å². The SMILES string of the molecule is COC(=O)c1c(NC(=S)N(C)Cc2cn(C)nc2C)sc2c1CC[C@H](C)C2. The zero-order valence-corrected chi connectivity index (χ0v) is 18.1. The van der Waals surface area contributed by atoms with E-state index in [9.17, 15) is 4.79 Å². The van der Waals surface area contributed by atoms with Crippen LogP contribution in [-0.2, 0) is 31.2 Å². The highest BCUT2D eigenvalue weighted by Crippen LogP contribution is 2.40. The molecule has 1 aliphatic rings. The number of aromatic nitrogens is 2. The Morgan fingerprint density at radius 1 is 1.56 bits per heavy atom. The van der Waals surface area contributed by atoms with Gasteiger partial charge in [0, 0.05) is 37.3 Å². The molecular weight excluding hydrogens is 380 g/mol. The molecule has 0 spiro atoms. The standard InChI is InChI=1S/C19H26N4O2S2/c1-11-6-7-14-15(8-11)27-17(16(14)18(24)25-5)20-19(26)22(3)9-13-10-23(4)21-12(13)2/h10-11H,6-9H2,1-5H3,(H,20,26)/t11-/m0/s1. The number of hydrogen-bond acceptors (Lipinski definition) is 5. The summed E-state index contributed by atoms with van der Waals surface area (Å²) in [7, 11) is 5.28. The zero-order chi connectivity index (χ0) is 19.7. The second-order valence-corrected chi connectivity index (χ2v) is 8.74. The highest BCUT2D eigenvalue weighted by atomic mass is 32.1.